The monoisotopic (exact) mass is 459 g/mol. The number of aliphatic hydroxyl groups excluding tert-OH is 1. The Morgan fingerprint density at radius 2 is 1.06 bits per heavy atom. The van der Waals surface area contributed by atoms with Gasteiger partial charge in [-0.25, -0.2) is 0 Å². The van der Waals surface area contributed by atoms with Gasteiger partial charge in [-0.2, -0.15) is 0 Å². The van der Waals surface area contributed by atoms with Crippen molar-refractivity contribution in [3.8, 4) is 0 Å². The second kappa shape index (κ2) is 10.5. The fourth-order valence-electron chi connectivity index (χ4n) is 4.75. The van der Waals surface area contributed by atoms with Crippen LogP contribution in [0.3, 0.4) is 0 Å². The maximum absolute atomic E-state index is 11.9. The summed E-state index contributed by atoms with van der Waals surface area (Å²) in [6.07, 6.45) is 1.29. The summed E-state index contributed by atoms with van der Waals surface area (Å²) < 4.78 is 0. The molecule has 1 N–H and O–H groups in total. The van der Waals surface area contributed by atoms with Crippen molar-refractivity contribution >= 4 is 34.8 Å². The number of benzene rings is 4. The second-order valence-corrected chi connectivity index (χ2v) is 12.2. The molecule has 0 amide bonds. The van der Waals surface area contributed by atoms with Crippen LogP contribution in [0.15, 0.2) is 115 Å². The van der Waals surface area contributed by atoms with Crippen LogP contribution < -0.4 is 15.9 Å². The van der Waals surface area contributed by atoms with Crippen LogP contribution in [0.2, 0.25) is 5.02 Å². The maximum atomic E-state index is 11.9. The third kappa shape index (κ3) is 4.39. The van der Waals surface area contributed by atoms with Gasteiger partial charge in [0.25, 0.3) is 0 Å². The fraction of sp³-hybridized carbons (Fsp3) is 0.172. The first-order valence-electron chi connectivity index (χ1n) is 11.2. The van der Waals surface area contributed by atoms with Gasteiger partial charge in [0, 0.05) is 5.02 Å². The molecule has 1 nitrogen and oxygen atoms in total. The Kier molecular flexibility index (Phi) is 7.43. The highest BCUT2D eigenvalue weighted by Gasteiger charge is 2.54. The molecule has 0 aliphatic rings. The molecule has 0 radical (unpaired) electrons. The van der Waals surface area contributed by atoms with Crippen LogP contribution in [-0.4, -0.2) is 10.8 Å². The Morgan fingerprint density at radius 3 is 1.44 bits per heavy atom. The van der Waals surface area contributed by atoms with Crippen molar-refractivity contribution in [1.29, 1.82) is 0 Å². The molecule has 0 saturated carbocycles. The lowest BCUT2D eigenvalue weighted by Gasteiger charge is -2.37. The van der Waals surface area contributed by atoms with E-state index in [9.17, 15) is 5.11 Å². The minimum Gasteiger partial charge on any atom is -0.384 e. The Hall–Kier alpha value is -2.44. The summed E-state index contributed by atoms with van der Waals surface area (Å²) in [6, 6.07) is 40.0. The molecule has 0 aromatic heterocycles. The van der Waals surface area contributed by atoms with Gasteiger partial charge in [-0.05, 0) is 60.5 Å². The Labute approximate surface area is 197 Å². The molecule has 0 aliphatic carbocycles. The number of hydrogen-bond acceptors (Lipinski definition) is 1. The van der Waals surface area contributed by atoms with Crippen LogP contribution in [0.25, 0.3) is 0 Å². The lowest BCUT2D eigenvalue weighted by molar-refractivity contribution is 0.169. The van der Waals surface area contributed by atoms with Crippen molar-refractivity contribution in [2.75, 3.05) is 0 Å². The van der Waals surface area contributed by atoms with Crippen LogP contribution in [0, 0.1) is 0 Å². The topological polar surface area (TPSA) is 20.2 Å². The summed E-state index contributed by atoms with van der Waals surface area (Å²) in [4.78, 5) is 0. The summed E-state index contributed by atoms with van der Waals surface area (Å²) in [7, 11) is -2.20. The van der Waals surface area contributed by atoms with Gasteiger partial charge in [0.2, 0.25) is 0 Å². The summed E-state index contributed by atoms with van der Waals surface area (Å²) in [5.41, 5.74) is 0.945. The Morgan fingerprint density at radius 1 is 0.656 bits per heavy atom. The van der Waals surface area contributed by atoms with Gasteiger partial charge in [0.15, 0.2) is 0 Å². The fourth-order valence-corrected chi connectivity index (χ4v) is 10.1. The van der Waals surface area contributed by atoms with E-state index < -0.39 is 13.4 Å². The van der Waals surface area contributed by atoms with Gasteiger partial charge >= 0.3 is 0 Å². The SMILES string of the molecule is CCC[C@H]([C@@H](O)c1ccc(Cl)cc1)[P+](c1ccccc1)(c1ccccc1)c1ccccc1. The predicted octanol–water partition coefficient (Wildman–Crippen LogP) is 6.54. The van der Waals surface area contributed by atoms with E-state index in [1.54, 1.807) is 0 Å². The molecular formula is C29H29ClOP+. The highest BCUT2D eigenvalue weighted by atomic mass is 35.5. The van der Waals surface area contributed by atoms with Crippen molar-refractivity contribution in [2.24, 2.45) is 0 Å². The molecule has 0 heterocycles. The van der Waals surface area contributed by atoms with Crippen molar-refractivity contribution in [3.63, 3.8) is 0 Å². The lowest BCUT2D eigenvalue weighted by atomic mass is 10.0. The average Bonchev–Trinajstić information content (AvgIpc) is 2.86. The van der Waals surface area contributed by atoms with Gasteiger partial charge in [-0.1, -0.05) is 91.7 Å². The predicted molar refractivity (Wildman–Crippen MR) is 140 cm³/mol. The zero-order valence-electron chi connectivity index (χ0n) is 18.3. The average molecular weight is 460 g/mol. The molecule has 4 aromatic rings. The lowest BCUT2D eigenvalue weighted by Crippen LogP contribution is -2.41. The summed E-state index contributed by atoms with van der Waals surface area (Å²) in [6.45, 7) is 2.21. The Bertz CT molecular complexity index is 1000. The molecule has 2 atom stereocenters. The van der Waals surface area contributed by atoms with E-state index in [-0.39, 0.29) is 5.66 Å². The normalized spacial score (nSPS) is 13.5. The third-order valence-electron chi connectivity index (χ3n) is 6.15. The molecule has 162 valence electrons. The molecule has 0 spiro atoms. The van der Waals surface area contributed by atoms with E-state index in [2.05, 4.69) is 97.9 Å². The molecule has 4 rings (SSSR count). The number of halogens is 1. The molecule has 32 heavy (non-hydrogen) atoms. The van der Waals surface area contributed by atoms with E-state index >= 15 is 0 Å². The maximum Gasteiger partial charge on any atom is 0.118 e. The molecule has 0 bridgehead atoms. The van der Waals surface area contributed by atoms with E-state index in [0.29, 0.717) is 5.02 Å². The first-order chi connectivity index (χ1) is 15.7. The molecule has 3 heteroatoms. The van der Waals surface area contributed by atoms with E-state index in [4.69, 9.17) is 11.6 Å². The number of hydrogen-bond donors (Lipinski definition) is 1. The van der Waals surface area contributed by atoms with Crippen LogP contribution in [0.5, 0.6) is 0 Å². The first kappa shape index (κ1) is 22.7. The number of aliphatic hydroxyl groups is 1. The van der Waals surface area contributed by atoms with Gasteiger partial charge in [-0.3, -0.25) is 0 Å². The summed E-state index contributed by atoms with van der Waals surface area (Å²) in [5, 5.41) is 16.5. The zero-order chi connectivity index (χ0) is 22.4. The van der Waals surface area contributed by atoms with Crippen molar-refractivity contribution in [2.45, 2.75) is 31.5 Å². The van der Waals surface area contributed by atoms with Gasteiger partial charge in [0.05, 0.1) is 0 Å². The third-order valence-corrected chi connectivity index (χ3v) is 11.3. The second-order valence-electron chi connectivity index (χ2n) is 8.08. The van der Waals surface area contributed by atoms with Gasteiger partial charge in [0.1, 0.15) is 34.9 Å². The highest BCUT2D eigenvalue weighted by Crippen LogP contribution is 2.64. The molecule has 0 fully saturated rings. The van der Waals surface area contributed by atoms with E-state index in [1.165, 1.54) is 15.9 Å². The number of rotatable bonds is 8. The van der Waals surface area contributed by atoms with Gasteiger partial charge < -0.3 is 5.11 Å². The molecule has 0 unspecified atom stereocenters. The Balaban J connectivity index is 2.03. The molecular weight excluding hydrogens is 431 g/mol. The summed E-state index contributed by atoms with van der Waals surface area (Å²) >= 11 is 6.16. The minimum atomic E-state index is -2.20. The first-order valence-corrected chi connectivity index (χ1v) is 13.4. The van der Waals surface area contributed by atoms with Crippen molar-refractivity contribution < 1.29 is 5.11 Å². The van der Waals surface area contributed by atoms with E-state index in [0.717, 1.165) is 18.4 Å². The molecule has 4 aromatic carbocycles. The zero-order valence-corrected chi connectivity index (χ0v) is 20.0. The van der Waals surface area contributed by atoms with Crippen LogP contribution in [-0.2, 0) is 0 Å². The van der Waals surface area contributed by atoms with Crippen LogP contribution >= 0.6 is 18.9 Å². The van der Waals surface area contributed by atoms with Gasteiger partial charge in [-0.15, -0.1) is 0 Å². The van der Waals surface area contributed by atoms with Crippen LogP contribution in [0.4, 0.5) is 0 Å². The quantitative estimate of drug-likeness (QED) is 0.297. The molecule has 0 aliphatic heterocycles. The van der Waals surface area contributed by atoms with Crippen molar-refractivity contribution in [3.05, 3.63) is 126 Å². The standard InChI is InChI=1S/C29H29ClOP/c1-2-12-28(29(31)23-19-21-24(30)22-20-23)32(25-13-6-3-7-14-25,26-15-8-4-9-16-26)27-17-10-5-11-18-27/h3-11,13-22,28-29,31H,2,12H2,1H3/q+1/t28-,29+/m1/s1. The summed E-state index contributed by atoms with van der Waals surface area (Å²) in [5.74, 6) is 0. The van der Waals surface area contributed by atoms with E-state index in [1.807, 2.05) is 24.3 Å². The molecule has 0 saturated heterocycles. The minimum absolute atomic E-state index is 0.0286. The van der Waals surface area contributed by atoms with Crippen molar-refractivity contribution in [1.82, 2.24) is 0 Å². The smallest absolute Gasteiger partial charge is 0.118 e. The van der Waals surface area contributed by atoms with Crippen LogP contribution in [0.1, 0.15) is 31.4 Å². The largest absolute Gasteiger partial charge is 0.384 e. The highest BCUT2D eigenvalue weighted by molar-refractivity contribution is 7.96.